The molecule has 5 nitrogen and oxygen atoms in total. The molecule has 0 saturated carbocycles. The molecule has 2 N–H and O–H groups in total. The first-order valence-corrected chi connectivity index (χ1v) is 7.40. The topological polar surface area (TPSA) is 86.5 Å². The van der Waals surface area contributed by atoms with Crippen LogP contribution in [0.15, 0.2) is 17.0 Å². The second-order valence-corrected chi connectivity index (χ2v) is 6.01. The Bertz CT molecular complexity index is 554. The monoisotopic (exact) mass is 369 g/mol. The Morgan fingerprint density at radius 1 is 1.47 bits per heavy atom. The summed E-state index contributed by atoms with van der Waals surface area (Å²) in [7, 11) is -3.82. The smallest absolute Gasteiger partial charge is 0.339 e. The number of esters is 1. The van der Waals surface area contributed by atoms with E-state index in [-0.39, 0.29) is 17.1 Å². The minimum Gasteiger partial charge on any atom is -0.462 e. The van der Waals surface area contributed by atoms with Gasteiger partial charge in [0.25, 0.3) is 0 Å². The number of benzene rings is 1. The molecule has 0 fully saturated rings. The Morgan fingerprint density at radius 3 is 2.53 bits per heavy atom. The Morgan fingerprint density at radius 2 is 2.06 bits per heavy atom. The van der Waals surface area contributed by atoms with Crippen molar-refractivity contribution in [2.45, 2.75) is 18.7 Å². The van der Waals surface area contributed by atoms with Gasteiger partial charge in [0.15, 0.2) is 0 Å². The van der Waals surface area contributed by atoms with Gasteiger partial charge in [-0.05, 0) is 54.1 Å². The molecule has 0 aliphatic heterocycles. The SMILES string of the molecule is CCOC(=O)c1cc(S(N)(=O)=O)cc(C)c1I. The lowest BCUT2D eigenvalue weighted by atomic mass is 10.1. The number of rotatable bonds is 3. The highest BCUT2D eigenvalue weighted by molar-refractivity contribution is 14.1. The van der Waals surface area contributed by atoms with E-state index in [0.717, 1.165) is 0 Å². The summed E-state index contributed by atoms with van der Waals surface area (Å²) in [5.41, 5.74) is 0.886. The van der Waals surface area contributed by atoms with Gasteiger partial charge in [0, 0.05) is 3.57 Å². The molecule has 0 spiro atoms. The molecule has 7 heteroatoms. The molecule has 0 aliphatic carbocycles. The summed E-state index contributed by atoms with van der Waals surface area (Å²) in [4.78, 5) is 11.5. The highest BCUT2D eigenvalue weighted by Gasteiger charge is 2.18. The fourth-order valence-electron chi connectivity index (χ4n) is 1.26. The van der Waals surface area contributed by atoms with Crippen LogP contribution in [0, 0.1) is 10.5 Å². The van der Waals surface area contributed by atoms with Crippen molar-refractivity contribution in [1.29, 1.82) is 0 Å². The van der Waals surface area contributed by atoms with Gasteiger partial charge in [-0.25, -0.2) is 18.4 Å². The molecule has 0 radical (unpaired) electrons. The third kappa shape index (κ3) is 3.39. The molecule has 0 aromatic heterocycles. The van der Waals surface area contributed by atoms with Gasteiger partial charge in [-0.1, -0.05) is 0 Å². The van der Waals surface area contributed by atoms with Crippen LogP contribution in [0.2, 0.25) is 0 Å². The maximum atomic E-state index is 11.6. The van der Waals surface area contributed by atoms with Gasteiger partial charge in [-0.15, -0.1) is 0 Å². The molecule has 1 aromatic rings. The van der Waals surface area contributed by atoms with Crippen molar-refractivity contribution in [3.63, 3.8) is 0 Å². The molecular formula is C10H12INO4S. The third-order valence-corrected chi connectivity index (χ3v) is 4.38. The van der Waals surface area contributed by atoms with Gasteiger partial charge in [-0.3, -0.25) is 0 Å². The largest absolute Gasteiger partial charge is 0.462 e. The summed E-state index contributed by atoms with van der Waals surface area (Å²) in [6.07, 6.45) is 0. The number of carbonyl (C=O) groups is 1. The van der Waals surface area contributed by atoms with E-state index in [4.69, 9.17) is 9.88 Å². The Labute approximate surface area is 114 Å². The molecule has 0 heterocycles. The minimum atomic E-state index is -3.82. The van der Waals surface area contributed by atoms with Gasteiger partial charge in [0.2, 0.25) is 10.0 Å². The van der Waals surface area contributed by atoms with Crippen LogP contribution in [0.25, 0.3) is 0 Å². The Kier molecular flexibility index (Phi) is 4.50. The number of sulfonamides is 1. The summed E-state index contributed by atoms with van der Waals surface area (Å²) >= 11 is 1.97. The molecular weight excluding hydrogens is 357 g/mol. The van der Waals surface area contributed by atoms with Gasteiger partial charge < -0.3 is 4.74 Å². The number of hydrogen-bond acceptors (Lipinski definition) is 4. The second-order valence-electron chi connectivity index (χ2n) is 3.37. The fraction of sp³-hybridized carbons (Fsp3) is 0.300. The van der Waals surface area contributed by atoms with E-state index in [1.807, 2.05) is 22.6 Å². The van der Waals surface area contributed by atoms with Crippen LogP contribution >= 0.6 is 22.6 Å². The molecule has 0 unspecified atom stereocenters. The molecule has 1 aromatic carbocycles. The van der Waals surface area contributed by atoms with Gasteiger partial charge >= 0.3 is 5.97 Å². The minimum absolute atomic E-state index is 0.0848. The van der Waals surface area contributed by atoms with E-state index in [1.165, 1.54) is 12.1 Å². The molecule has 0 atom stereocenters. The lowest BCUT2D eigenvalue weighted by Crippen LogP contribution is -2.15. The average molecular weight is 369 g/mol. The van der Waals surface area contributed by atoms with Crippen molar-refractivity contribution in [2.24, 2.45) is 5.14 Å². The zero-order valence-electron chi connectivity index (χ0n) is 9.36. The van der Waals surface area contributed by atoms with Crippen LogP contribution in [0.1, 0.15) is 22.8 Å². The lowest BCUT2D eigenvalue weighted by molar-refractivity contribution is 0.0524. The van der Waals surface area contributed by atoms with Gasteiger partial charge in [-0.2, -0.15) is 0 Å². The Hall–Kier alpha value is -0.670. The third-order valence-electron chi connectivity index (χ3n) is 2.05. The standard InChI is InChI=1S/C10H12INO4S/c1-3-16-10(13)8-5-7(17(12,14)15)4-6(2)9(8)11/h4-5H,3H2,1-2H3,(H2,12,14,15). The predicted molar refractivity (Wildman–Crippen MR) is 71.2 cm³/mol. The van der Waals surface area contributed by atoms with Crippen LogP contribution in [-0.2, 0) is 14.8 Å². The van der Waals surface area contributed by atoms with E-state index in [1.54, 1.807) is 13.8 Å². The predicted octanol–water partition coefficient (Wildman–Crippen LogP) is 1.42. The molecule has 1 rings (SSSR count). The van der Waals surface area contributed by atoms with Crippen molar-refractivity contribution in [3.05, 3.63) is 26.8 Å². The lowest BCUT2D eigenvalue weighted by Gasteiger charge is -2.09. The van der Waals surface area contributed by atoms with Gasteiger partial charge in [0.05, 0.1) is 17.1 Å². The molecule has 0 bridgehead atoms. The number of primary sulfonamides is 1. The van der Waals surface area contributed by atoms with E-state index in [9.17, 15) is 13.2 Å². The number of ether oxygens (including phenoxy) is 1. The number of carbonyl (C=O) groups excluding carboxylic acids is 1. The quantitative estimate of drug-likeness (QED) is 0.645. The zero-order chi connectivity index (χ0) is 13.2. The molecule has 0 aliphatic rings. The van der Waals surface area contributed by atoms with Crippen LogP contribution in [0.4, 0.5) is 0 Å². The van der Waals surface area contributed by atoms with E-state index in [0.29, 0.717) is 9.13 Å². The maximum Gasteiger partial charge on any atom is 0.339 e. The summed E-state index contributed by atoms with van der Waals surface area (Å²) in [5.74, 6) is -0.550. The molecule has 0 saturated heterocycles. The molecule has 94 valence electrons. The van der Waals surface area contributed by atoms with E-state index >= 15 is 0 Å². The van der Waals surface area contributed by atoms with Crippen molar-refractivity contribution < 1.29 is 17.9 Å². The summed E-state index contributed by atoms with van der Waals surface area (Å²) in [6, 6.07) is 2.67. The van der Waals surface area contributed by atoms with Crippen LogP contribution < -0.4 is 5.14 Å². The van der Waals surface area contributed by atoms with Crippen molar-refractivity contribution in [3.8, 4) is 0 Å². The van der Waals surface area contributed by atoms with E-state index in [2.05, 4.69) is 0 Å². The van der Waals surface area contributed by atoms with Gasteiger partial charge in [0.1, 0.15) is 0 Å². The second kappa shape index (κ2) is 5.32. The first-order chi connectivity index (χ1) is 7.77. The van der Waals surface area contributed by atoms with Crippen molar-refractivity contribution >= 4 is 38.6 Å². The van der Waals surface area contributed by atoms with Crippen molar-refractivity contribution in [1.82, 2.24) is 0 Å². The number of aryl methyl sites for hydroxylation is 1. The number of halogens is 1. The van der Waals surface area contributed by atoms with E-state index < -0.39 is 16.0 Å². The number of hydrogen-bond donors (Lipinski definition) is 1. The fourth-order valence-corrected chi connectivity index (χ4v) is 2.41. The Balaban J connectivity index is 3.40. The zero-order valence-corrected chi connectivity index (χ0v) is 12.3. The maximum absolute atomic E-state index is 11.6. The summed E-state index contributed by atoms with van der Waals surface area (Å²) in [6.45, 7) is 3.62. The van der Waals surface area contributed by atoms with Crippen LogP contribution in [-0.4, -0.2) is 21.0 Å². The average Bonchev–Trinajstić information content (AvgIpc) is 2.20. The van der Waals surface area contributed by atoms with Crippen molar-refractivity contribution in [2.75, 3.05) is 6.61 Å². The summed E-state index contributed by atoms with van der Waals surface area (Å²) < 4.78 is 28.0. The molecule has 17 heavy (non-hydrogen) atoms. The first-order valence-electron chi connectivity index (χ1n) is 4.77. The highest BCUT2D eigenvalue weighted by atomic mass is 127. The van der Waals surface area contributed by atoms with Crippen LogP contribution in [0.5, 0.6) is 0 Å². The van der Waals surface area contributed by atoms with Crippen LogP contribution in [0.3, 0.4) is 0 Å². The highest BCUT2D eigenvalue weighted by Crippen LogP contribution is 2.22. The normalized spacial score (nSPS) is 11.3. The molecule has 0 amide bonds. The first kappa shape index (κ1) is 14.4. The number of nitrogens with two attached hydrogens (primary N) is 1. The summed E-state index contributed by atoms with van der Waals surface area (Å²) in [5, 5.41) is 5.04.